The number of anilines is 1. The van der Waals surface area contributed by atoms with Crippen molar-refractivity contribution in [1.29, 1.82) is 0 Å². The number of carbonyl (C=O) groups is 2. The summed E-state index contributed by atoms with van der Waals surface area (Å²) in [6, 6.07) is 13.2. The van der Waals surface area contributed by atoms with Gasteiger partial charge in [-0.25, -0.2) is 0 Å². The van der Waals surface area contributed by atoms with Crippen LogP contribution in [0.3, 0.4) is 0 Å². The van der Waals surface area contributed by atoms with E-state index < -0.39 is 0 Å². The lowest BCUT2D eigenvalue weighted by molar-refractivity contribution is -0.137. The summed E-state index contributed by atoms with van der Waals surface area (Å²) < 4.78 is 0. The molecule has 1 N–H and O–H groups in total. The molecule has 0 bridgehead atoms. The molecule has 4 nitrogen and oxygen atoms in total. The zero-order valence-corrected chi connectivity index (χ0v) is 13.9. The topological polar surface area (TPSA) is 49.4 Å². The van der Waals surface area contributed by atoms with Gasteiger partial charge in [0.15, 0.2) is 0 Å². The van der Waals surface area contributed by atoms with Crippen LogP contribution >= 0.6 is 11.3 Å². The molecule has 1 aliphatic heterocycles. The number of thiophene rings is 1. The number of nitrogens with one attached hydrogen (secondary N) is 1. The van der Waals surface area contributed by atoms with E-state index in [4.69, 9.17) is 0 Å². The lowest BCUT2D eigenvalue weighted by Crippen LogP contribution is -2.35. The first-order chi connectivity index (χ1) is 11.1. The SMILES string of the molecule is CC(C)CN1C(=O)C(Nc2ccccc2)=C(c2cccs2)C1=O. The van der Waals surface area contributed by atoms with Crippen LogP contribution in [-0.4, -0.2) is 23.3 Å². The third-order valence-corrected chi connectivity index (χ3v) is 4.41. The summed E-state index contributed by atoms with van der Waals surface area (Å²) in [6.45, 7) is 4.41. The number of imide groups is 1. The van der Waals surface area contributed by atoms with Gasteiger partial charge < -0.3 is 5.32 Å². The highest BCUT2D eigenvalue weighted by Gasteiger charge is 2.39. The van der Waals surface area contributed by atoms with Crippen LogP contribution in [0.25, 0.3) is 5.57 Å². The summed E-state index contributed by atoms with van der Waals surface area (Å²) in [4.78, 5) is 27.7. The fourth-order valence-corrected chi connectivity index (χ4v) is 3.31. The summed E-state index contributed by atoms with van der Waals surface area (Å²) in [5, 5.41) is 5.04. The van der Waals surface area contributed by atoms with Crippen LogP contribution in [0.1, 0.15) is 18.7 Å². The van der Waals surface area contributed by atoms with Gasteiger partial charge in [-0.2, -0.15) is 0 Å². The van der Waals surface area contributed by atoms with E-state index in [1.165, 1.54) is 16.2 Å². The Hall–Kier alpha value is -2.40. The number of nitrogens with zero attached hydrogens (tertiary/aromatic N) is 1. The quantitative estimate of drug-likeness (QED) is 0.854. The molecule has 0 saturated carbocycles. The molecule has 0 saturated heterocycles. The number of benzene rings is 1. The van der Waals surface area contributed by atoms with Crippen LogP contribution in [0, 0.1) is 5.92 Å². The first-order valence-electron chi connectivity index (χ1n) is 7.54. The molecule has 23 heavy (non-hydrogen) atoms. The third kappa shape index (κ3) is 3.05. The minimum atomic E-state index is -0.254. The van der Waals surface area contributed by atoms with E-state index in [1.807, 2.05) is 61.7 Å². The average Bonchev–Trinajstić information content (AvgIpc) is 3.12. The molecule has 2 aromatic rings. The van der Waals surface area contributed by atoms with Crippen LogP contribution in [0.2, 0.25) is 0 Å². The predicted octanol–water partition coefficient (Wildman–Crippen LogP) is 3.60. The van der Waals surface area contributed by atoms with E-state index >= 15 is 0 Å². The molecule has 3 rings (SSSR count). The van der Waals surface area contributed by atoms with E-state index in [1.54, 1.807) is 0 Å². The van der Waals surface area contributed by atoms with Crippen LogP contribution in [0.15, 0.2) is 53.5 Å². The number of para-hydroxylation sites is 1. The van der Waals surface area contributed by atoms with Gasteiger partial charge in [-0.15, -0.1) is 11.3 Å². The van der Waals surface area contributed by atoms with Crippen molar-refractivity contribution in [2.24, 2.45) is 5.92 Å². The number of hydrogen-bond donors (Lipinski definition) is 1. The molecular formula is C18H18N2O2S. The minimum Gasteiger partial charge on any atom is -0.350 e. The second-order valence-corrected chi connectivity index (χ2v) is 6.78. The molecule has 1 aliphatic rings. The molecule has 0 unspecified atom stereocenters. The zero-order chi connectivity index (χ0) is 16.4. The molecule has 5 heteroatoms. The second-order valence-electron chi connectivity index (χ2n) is 5.83. The molecule has 2 amide bonds. The Balaban J connectivity index is 2.02. The van der Waals surface area contributed by atoms with Crippen molar-refractivity contribution in [2.75, 3.05) is 11.9 Å². The van der Waals surface area contributed by atoms with Gasteiger partial charge >= 0.3 is 0 Å². The van der Waals surface area contributed by atoms with Gasteiger partial charge in [0.25, 0.3) is 11.8 Å². The third-order valence-electron chi connectivity index (χ3n) is 3.53. The van der Waals surface area contributed by atoms with E-state index in [0.717, 1.165) is 10.6 Å². The van der Waals surface area contributed by atoms with Crippen LogP contribution in [0.4, 0.5) is 5.69 Å². The summed E-state index contributed by atoms with van der Waals surface area (Å²) in [6.07, 6.45) is 0. The smallest absolute Gasteiger partial charge is 0.278 e. The number of carbonyl (C=O) groups excluding carboxylic acids is 2. The summed E-state index contributed by atoms with van der Waals surface area (Å²) in [7, 11) is 0. The highest BCUT2D eigenvalue weighted by Crippen LogP contribution is 2.33. The molecule has 0 aliphatic carbocycles. The molecule has 0 atom stereocenters. The molecule has 0 fully saturated rings. The molecule has 0 radical (unpaired) electrons. The number of amides is 2. The van der Waals surface area contributed by atoms with Crippen molar-refractivity contribution in [3.63, 3.8) is 0 Å². The maximum atomic E-state index is 12.8. The van der Waals surface area contributed by atoms with Crippen LogP contribution in [0.5, 0.6) is 0 Å². The Morgan fingerprint density at radius 2 is 1.78 bits per heavy atom. The largest absolute Gasteiger partial charge is 0.350 e. The van der Waals surface area contributed by atoms with Crippen molar-refractivity contribution in [1.82, 2.24) is 4.90 Å². The molecule has 118 valence electrons. The average molecular weight is 326 g/mol. The van der Waals surface area contributed by atoms with Crippen molar-refractivity contribution in [3.8, 4) is 0 Å². The van der Waals surface area contributed by atoms with E-state index in [0.29, 0.717) is 17.8 Å². The Morgan fingerprint density at radius 1 is 1.04 bits per heavy atom. The van der Waals surface area contributed by atoms with Crippen LogP contribution < -0.4 is 5.32 Å². The van der Waals surface area contributed by atoms with Crippen molar-refractivity contribution >= 4 is 34.4 Å². The lowest BCUT2D eigenvalue weighted by Gasteiger charge is -2.17. The maximum Gasteiger partial charge on any atom is 0.278 e. The first-order valence-corrected chi connectivity index (χ1v) is 8.42. The fraction of sp³-hybridized carbons (Fsp3) is 0.222. The molecule has 1 aromatic heterocycles. The van der Waals surface area contributed by atoms with Crippen molar-refractivity contribution in [3.05, 3.63) is 58.4 Å². The molecular weight excluding hydrogens is 308 g/mol. The fourth-order valence-electron chi connectivity index (χ4n) is 2.54. The van der Waals surface area contributed by atoms with Gasteiger partial charge in [0.05, 0.1) is 5.57 Å². The van der Waals surface area contributed by atoms with E-state index in [2.05, 4.69) is 5.32 Å². The molecule has 2 heterocycles. The normalized spacial score (nSPS) is 15.0. The summed E-state index contributed by atoms with van der Waals surface area (Å²) in [5.41, 5.74) is 1.63. The lowest BCUT2D eigenvalue weighted by atomic mass is 10.2. The van der Waals surface area contributed by atoms with Gasteiger partial charge in [0.1, 0.15) is 5.70 Å². The van der Waals surface area contributed by atoms with Gasteiger partial charge in [0.2, 0.25) is 0 Å². The summed E-state index contributed by atoms with van der Waals surface area (Å²) in [5.74, 6) is -0.246. The number of hydrogen-bond acceptors (Lipinski definition) is 4. The zero-order valence-electron chi connectivity index (χ0n) is 13.1. The maximum absolute atomic E-state index is 12.8. The second kappa shape index (κ2) is 6.38. The standard InChI is InChI=1S/C18H18N2O2S/c1-12(2)11-20-17(21)15(14-9-6-10-23-14)16(18(20)22)19-13-7-4-3-5-8-13/h3-10,12,19H,11H2,1-2H3. The highest BCUT2D eigenvalue weighted by atomic mass is 32.1. The van der Waals surface area contributed by atoms with Gasteiger partial charge in [-0.3, -0.25) is 14.5 Å². The predicted molar refractivity (Wildman–Crippen MR) is 92.9 cm³/mol. The summed E-state index contributed by atoms with van der Waals surface area (Å²) >= 11 is 1.46. The minimum absolute atomic E-state index is 0.218. The van der Waals surface area contributed by atoms with Gasteiger partial charge in [0, 0.05) is 17.1 Å². The Labute approximate surface area is 139 Å². The van der Waals surface area contributed by atoms with Gasteiger partial charge in [-0.1, -0.05) is 38.1 Å². The Kier molecular flexibility index (Phi) is 4.30. The van der Waals surface area contributed by atoms with Crippen molar-refractivity contribution < 1.29 is 9.59 Å². The van der Waals surface area contributed by atoms with Crippen molar-refractivity contribution in [2.45, 2.75) is 13.8 Å². The van der Waals surface area contributed by atoms with Gasteiger partial charge in [-0.05, 0) is 29.5 Å². The molecule has 1 aromatic carbocycles. The highest BCUT2D eigenvalue weighted by molar-refractivity contribution is 7.11. The Morgan fingerprint density at radius 3 is 2.39 bits per heavy atom. The van der Waals surface area contributed by atoms with E-state index in [-0.39, 0.29) is 17.7 Å². The van der Waals surface area contributed by atoms with Crippen LogP contribution in [-0.2, 0) is 9.59 Å². The Bertz CT molecular complexity index is 749. The monoisotopic (exact) mass is 326 g/mol. The number of rotatable bonds is 5. The first kappa shape index (κ1) is 15.5. The van der Waals surface area contributed by atoms with E-state index in [9.17, 15) is 9.59 Å². The molecule has 0 spiro atoms.